The van der Waals surface area contributed by atoms with Gasteiger partial charge in [-0.2, -0.15) is 4.98 Å². The van der Waals surface area contributed by atoms with E-state index in [0.29, 0.717) is 10.6 Å². The van der Waals surface area contributed by atoms with Gasteiger partial charge in [-0.1, -0.05) is 34.8 Å². The number of halogens is 3. The van der Waals surface area contributed by atoms with E-state index in [2.05, 4.69) is 30.6 Å². The van der Waals surface area contributed by atoms with Crippen molar-refractivity contribution in [2.45, 2.75) is 6.54 Å². The maximum Gasteiger partial charge on any atom is 0.278 e. The Hall–Kier alpha value is -4.17. The first-order valence-corrected chi connectivity index (χ1v) is 13.2. The van der Waals surface area contributed by atoms with Gasteiger partial charge < -0.3 is 25.7 Å². The van der Waals surface area contributed by atoms with Crippen LogP contribution in [-0.2, 0) is 6.54 Å². The van der Waals surface area contributed by atoms with Crippen molar-refractivity contribution in [3.8, 4) is 5.75 Å². The molecule has 0 aliphatic rings. The lowest BCUT2D eigenvalue weighted by atomic mass is 10.1. The van der Waals surface area contributed by atoms with Crippen LogP contribution in [-0.4, -0.2) is 43.4 Å². The number of hydrogen-bond acceptors (Lipinski definition) is 9. The summed E-state index contributed by atoms with van der Waals surface area (Å²) in [5, 5.41) is 7.79. The Kier molecular flexibility index (Phi) is 7.63. The van der Waals surface area contributed by atoms with Crippen LogP contribution < -0.4 is 26.7 Å². The van der Waals surface area contributed by atoms with Crippen molar-refractivity contribution in [2.75, 3.05) is 23.5 Å². The van der Waals surface area contributed by atoms with Crippen LogP contribution >= 0.6 is 46.1 Å². The lowest BCUT2D eigenvalue weighted by Crippen LogP contribution is -2.19. The van der Waals surface area contributed by atoms with Crippen LogP contribution in [0.25, 0.3) is 11.2 Å². The van der Waals surface area contributed by atoms with Gasteiger partial charge in [0.1, 0.15) is 16.4 Å². The SMILES string of the molecule is COc1cc(Cl)cc(C(=O)Nc2ccc(Cl)cn2)c1NC(=O)c1scc(Cn2cnc3nc(N)[nH]c(=O)c32)c1Cl. The molecule has 204 valence electrons. The molecule has 1 aromatic carbocycles. The quantitative estimate of drug-likeness (QED) is 0.203. The van der Waals surface area contributed by atoms with Gasteiger partial charge in [-0.25, -0.2) is 9.97 Å². The molecule has 2 amide bonds. The highest BCUT2D eigenvalue weighted by atomic mass is 35.5. The number of carbonyl (C=O) groups is 2. The normalized spacial score (nSPS) is 11.0. The molecule has 4 aromatic heterocycles. The number of rotatable bonds is 7. The minimum atomic E-state index is -0.602. The molecular formula is C24H17Cl3N8O4S. The summed E-state index contributed by atoms with van der Waals surface area (Å²) < 4.78 is 6.93. The minimum Gasteiger partial charge on any atom is -0.494 e. The fourth-order valence-corrected chi connectivity index (χ4v) is 5.36. The molecule has 16 heteroatoms. The highest BCUT2D eigenvalue weighted by Gasteiger charge is 2.24. The van der Waals surface area contributed by atoms with Crippen LogP contribution in [0.2, 0.25) is 15.1 Å². The number of nitrogens with one attached hydrogen (secondary N) is 3. The number of ether oxygens (including phenoxy) is 1. The van der Waals surface area contributed by atoms with Gasteiger partial charge in [-0.05, 0) is 23.6 Å². The number of H-pyrrole nitrogens is 1. The number of anilines is 3. The smallest absolute Gasteiger partial charge is 0.278 e. The zero-order valence-corrected chi connectivity index (χ0v) is 23.4. The van der Waals surface area contributed by atoms with Gasteiger partial charge in [0.05, 0.1) is 41.3 Å². The van der Waals surface area contributed by atoms with E-state index in [0.717, 1.165) is 11.3 Å². The van der Waals surface area contributed by atoms with Crippen molar-refractivity contribution in [2.24, 2.45) is 0 Å². The number of fused-ring (bicyclic) bond motifs is 1. The van der Waals surface area contributed by atoms with Crippen molar-refractivity contribution in [1.82, 2.24) is 24.5 Å². The van der Waals surface area contributed by atoms with Crippen LogP contribution in [0.15, 0.2) is 47.0 Å². The zero-order valence-electron chi connectivity index (χ0n) is 20.3. The van der Waals surface area contributed by atoms with E-state index in [1.165, 1.54) is 37.8 Å². The van der Waals surface area contributed by atoms with E-state index < -0.39 is 17.4 Å². The summed E-state index contributed by atoms with van der Waals surface area (Å²) in [6, 6.07) is 5.93. The molecule has 0 atom stereocenters. The maximum absolute atomic E-state index is 13.3. The number of imidazole rings is 1. The predicted molar refractivity (Wildman–Crippen MR) is 154 cm³/mol. The lowest BCUT2D eigenvalue weighted by Gasteiger charge is -2.15. The number of pyridine rings is 1. The number of aromatic nitrogens is 5. The number of aromatic amines is 1. The molecular weight excluding hydrogens is 603 g/mol. The monoisotopic (exact) mass is 618 g/mol. The minimum absolute atomic E-state index is 0.0261. The number of nitrogens with zero attached hydrogens (tertiary/aromatic N) is 4. The fraction of sp³-hybridized carbons (Fsp3) is 0.0833. The first-order chi connectivity index (χ1) is 19.1. The molecule has 5 rings (SSSR count). The van der Waals surface area contributed by atoms with Crippen molar-refractivity contribution in [1.29, 1.82) is 0 Å². The van der Waals surface area contributed by atoms with Crippen LogP contribution in [0.1, 0.15) is 25.6 Å². The van der Waals surface area contributed by atoms with Crippen molar-refractivity contribution in [3.05, 3.63) is 83.6 Å². The van der Waals surface area contributed by atoms with E-state index >= 15 is 0 Å². The highest BCUT2D eigenvalue weighted by Crippen LogP contribution is 2.35. The zero-order chi connectivity index (χ0) is 28.6. The van der Waals surface area contributed by atoms with Crippen LogP contribution in [0, 0.1) is 0 Å². The third-order valence-electron chi connectivity index (χ3n) is 5.59. The molecule has 0 fully saturated rings. The molecule has 12 nitrogen and oxygen atoms in total. The fourth-order valence-electron chi connectivity index (χ4n) is 3.80. The second kappa shape index (κ2) is 11.1. The highest BCUT2D eigenvalue weighted by molar-refractivity contribution is 7.13. The van der Waals surface area contributed by atoms with Gasteiger partial charge in [-0.3, -0.25) is 19.4 Å². The average molecular weight is 620 g/mol. The van der Waals surface area contributed by atoms with Crippen LogP contribution in [0.3, 0.4) is 0 Å². The van der Waals surface area contributed by atoms with Crippen LogP contribution in [0.4, 0.5) is 17.5 Å². The first kappa shape index (κ1) is 27.4. The first-order valence-electron chi connectivity index (χ1n) is 11.2. The maximum atomic E-state index is 13.3. The summed E-state index contributed by atoms with van der Waals surface area (Å²) in [7, 11) is 1.37. The average Bonchev–Trinajstić information content (AvgIpc) is 3.49. The standard InChI is InChI=1S/C24H17Cl3N8O4S/c1-39-14-5-12(26)4-13(21(36)31-15-3-2-11(25)6-29-15)17(14)32-23(38)19-16(27)10(8-40-19)7-35-9-30-20-18(35)22(37)34-24(28)33-20/h2-6,8-9H,7H2,1H3,(H,32,38)(H,29,31,36)(H3,28,33,34,37). The molecule has 0 unspecified atom stereocenters. The number of nitrogens with two attached hydrogens (primary N) is 1. The summed E-state index contributed by atoms with van der Waals surface area (Å²) >= 11 is 19.7. The van der Waals surface area contributed by atoms with Gasteiger partial charge in [0.15, 0.2) is 11.2 Å². The molecule has 4 heterocycles. The van der Waals surface area contributed by atoms with Crippen molar-refractivity contribution in [3.63, 3.8) is 0 Å². The molecule has 5 N–H and O–H groups in total. The molecule has 0 aliphatic carbocycles. The second-order valence-corrected chi connectivity index (χ2v) is 10.3. The number of carbonyl (C=O) groups excluding carboxylic acids is 2. The molecule has 0 saturated heterocycles. The number of thiophene rings is 1. The molecule has 0 saturated carbocycles. The Morgan fingerprint density at radius 1 is 1.12 bits per heavy atom. The van der Waals surface area contributed by atoms with E-state index in [9.17, 15) is 14.4 Å². The summed E-state index contributed by atoms with van der Waals surface area (Å²) in [5.74, 6) is -0.858. The van der Waals surface area contributed by atoms with Crippen molar-refractivity contribution < 1.29 is 14.3 Å². The summed E-state index contributed by atoms with van der Waals surface area (Å²) in [6.45, 7) is 0.139. The van der Waals surface area contributed by atoms with E-state index in [-0.39, 0.29) is 61.4 Å². The Balaban J connectivity index is 1.43. The largest absolute Gasteiger partial charge is 0.494 e. The predicted octanol–water partition coefficient (Wildman–Crippen LogP) is 4.68. The summed E-state index contributed by atoms with van der Waals surface area (Å²) in [6.07, 6.45) is 2.81. The van der Waals surface area contributed by atoms with Gasteiger partial charge in [0.25, 0.3) is 17.4 Å². The van der Waals surface area contributed by atoms with Crippen molar-refractivity contribution >= 4 is 86.6 Å². The van der Waals surface area contributed by atoms with E-state index in [1.54, 1.807) is 16.0 Å². The van der Waals surface area contributed by atoms with Gasteiger partial charge >= 0.3 is 0 Å². The Labute approximate surface area is 244 Å². The summed E-state index contributed by atoms with van der Waals surface area (Å²) in [4.78, 5) is 53.6. The number of methoxy groups -OCH3 is 1. The molecule has 40 heavy (non-hydrogen) atoms. The third kappa shape index (κ3) is 5.45. The number of amides is 2. The van der Waals surface area contributed by atoms with E-state index in [4.69, 9.17) is 45.3 Å². The topological polar surface area (TPSA) is 170 Å². The third-order valence-corrected chi connectivity index (χ3v) is 7.60. The van der Waals surface area contributed by atoms with Gasteiger partial charge in [-0.15, -0.1) is 11.3 Å². The molecule has 0 spiro atoms. The van der Waals surface area contributed by atoms with Gasteiger partial charge in [0, 0.05) is 22.8 Å². The molecule has 0 radical (unpaired) electrons. The second-order valence-electron chi connectivity index (χ2n) is 8.20. The van der Waals surface area contributed by atoms with E-state index in [1.807, 2.05) is 0 Å². The molecule has 0 bridgehead atoms. The number of hydrogen-bond donors (Lipinski definition) is 4. The molecule has 0 aliphatic heterocycles. The summed E-state index contributed by atoms with van der Waals surface area (Å²) in [5.41, 5.74) is 6.17. The molecule has 5 aromatic rings. The lowest BCUT2D eigenvalue weighted by molar-refractivity contribution is 0.102. The number of benzene rings is 1. The Morgan fingerprint density at radius 3 is 2.65 bits per heavy atom. The van der Waals surface area contributed by atoms with Crippen LogP contribution in [0.5, 0.6) is 5.75 Å². The Bertz CT molecular complexity index is 1830. The Morgan fingerprint density at radius 2 is 1.93 bits per heavy atom. The van der Waals surface area contributed by atoms with Gasteiger partial charge in [0.2, 0.25) is 5.95 Å². The number of nitrogen functional groups attached to an aromatic ring is 1.